The van der Waals surface area contributed by atoms with Gasteiger partial charge in [0.05, 0.1) is 0 Å². The fourth-order valence-corrected chi connectivity index (χ4v) is 0.419. The van der Waals surface area contributed by atoms with E-state index in [1.807, 2.05) is 0 Å². The second kappa shape index (κ2) is 4.27. The van der Waals surface area contributed by atoms with Crippen LogP contribution in [0, 0.1) is 0 Å². The lowest BCUT2D eigenvalue weighted by Crippen LogP contribution is -2.30. The molecule has 0 bridgehead atoms. The van der Waals surface area contributed by atoms with Crippen molar-refractivity contribution in [3.05, 3.63) is 0 Å². The Labute approximate surface area is 66.8 Å². The number of alkyl halides is 1. The fraction of sp³-hybridized carbons (Fsp3) is 0.600. The Hall–Kier alpha value is -0.580. The van der Waals surface area contributed by atoms with Crippen molar-refractivity contribution in [1.29, 1.82) is 0 Å². The van der Waals surface area contributed by atoms with Crippen molar-refractivity contribution in [2.75, 3.05) is 5.33 Å². The first-order valence-electron chi connectivity index (χ1n) is 2.62. The monoisotopic (exact) mass is 209 g/mol. The SMILES string of the molecule is CC(OC(=O)CBr)C(N)=O. The molecule has 5 heteroatoms. The molecule has 0 aliphatic rings. The van der Waals surface area contributed by atoms with Crippen LogP contribution in [0.15, 0.2) is 0 Å². The predicted octanol–water partition coefficient (Wildman–Crippen LogP) is -0.202. The molecule has 1 unspecified atom stereocenters. The first-order valence-corrected chi connectivity index (χ1v) is 3.75. The van der Waals surface area contributed by atoms with E-state index in [4.69, 9.17) is 5.73 Å². The average molecular weight is 210 g/mol. The summed E-state index contributed by atoms with van der Waals surface area (Å²) in [5.41, 5.74) is 4.81. The summed E-state index contributed by atoms with van der Waals surface area (Å²) in [6, 6.07) is 0. The van der Waals surface area contributed by atoms with E-state index in [1.165, 1.54) is 6.92 Å². The third kappa shape index (κ3) is 3.45. The fourth-order valence-electron chi connectivity index (χ4n) is 0.287. The Kier molecular flexibility index (Phi) is 4.02. The number of primary amides is 1. The van der Waals surface area contributed by atoms with Gasteiger partial charge >= 0.3 is 5.97 Å². The minimum Gasteiger partial charge on any atom is -0.452 e. The van der Waals surface area contributed by atoms with Crippen LogP contribution in [0.3, 0.4) is 0 Å². The van der Waals surface area contributed by atoms with Crippen molar-refractivity contribution in [1.82, 2.24) is 0 Å². The second-order valence-electron chi connectivity index (χ2n) is 1.67. The molecule has 58 valence electrons. The normalized spacial score (nSPS) is 12.2. The topological polar surface area (TPSA) is 69.4 Å². The van der Waals surface area contributed by atoms with Crippen LogP contribution in [0.25, 0.3) is 0 Å². The number of hydrogen-bond donors (Lipinski definition) is 1. The molecular formula is C5H8BrNO3. The number of nitrogens with two attached hydrogens (primary N) is 1. The molecule has 1 amide bonds. The van der Waals surface area contributed by atoms with E-state index in [-0.39, 0.29) is 5.33 Å². The van der Waals surface area contributed by atoms with Crippen molar-refractivity contribution in [2.24, 2.45) is 5.73 Å². The summed E-state index contributed by atoms with van der Waals surface area (Å²) in [7, 11) is 0. The van der Waals surface area contributed by atoms with Gasteiger partial charge in [-0.2, -0.15) is 0 Å². The molecule has 4 nitrogen and oxygen atoms in total. The Morgan fingerprint density at radius 3 is 2.50 bits per heavy atom. The number of carbonyl (C=O) groups is 2. The maximum atomic E-state index is 10.4. The highest BCUT2D eigenvalue weighted by molar-refractivity contribution is 9.09. The van der Waals surface area contributed by atoms with Crippen LogP contribution in [0.4, 0.5) is 0 Å². The molecule has 0 aromatic rings. The molecule has 2 N–H and O–H groups in total. The largest absolute Gasteiger partial charge is 0.452 e. The van der Waals surface area contributed by atoms with Crippen molar-refractivity contribution in [3.8, 4) is 0 Å². The maximum absolute atomic E-state index is 10.4. The highest BCUT2D eigenvalue weighted by Crippen LogP contribution is 1.92. The van der Waals surface area contributed by atoms with Gasteiger partial charge < -0.3 is 10.5 Å². The lowest BCUT2D eigenvalue weighted by Gasteiger charge is -2.06. The third-order valence-corrected chi connectivity index (χ3v) is 1.28. The van der Waals surface area contributed by atoms with Crippen molar-refractivity contribution < 1.29 is 14.3 Å². The molecule has 0 aliphatic carbocycles. The molecule has 0 aromatic carbocycles. The van der Waals surface area contributed by atoms with Gasteiger partial charge in [-0.1, -0.05) is 15.9 Å². The Balaban J connectivity index is 3.68. The molecule has 0 radical (unpaired) electrons. The van der Waals surface area contributed by atoms with Gasteiger partial charge in [-0.05, 0) is 6.92 Å². The van der Waals surface area contributed by atoms with Crippen molar-refractivity contribution in [3.63, 3.8) is 0 Å². The molecule has 0 fully saturated rings. The summed E-state index contributed by atoms with van der Waals surface area (Å²) >= 11 is 2.87. The molecule has 0 aromatic heterocycles. The highest BCUT2D eigenvalue weighted by atomic mass is 79.9. The van der Waals surface area contributed by atoms with Gasteiger partial charge in [0.15, 0.2) is 6.10 Å². The first-order chi connectivity index (χ1) is 4.57. The molecule has 0 heterocycles. The number of hydrogen-bond acceptors (Lipinski definition) is 3. The Morgan fingerprint density at radius 2 is 2.20 bits per heavy atom. The summed E-state index contributed by atoms with van der Waals surface area (Å²) < 4.78 is 4.50. The van der Waals surface area contributed by atoms with E-state index >= 15 is 0 Å². The molecule has 10 heavy (non-hydrogen) atoms. The van der Waals surface area contributed by atoms with Crippen molar-refractivity contribution >= 4 is 27.8 Å². The maximum Gasteiger partial charge on any atom is 0.317 e. The van der Waals surface area contributed by atoms with E-state index < -0.39 is 18.0 Å². The van der Waals surface area contributed by atoms with Gasteiger partial charge in [-0.15, -0.1) is 0 Å². The molecule has 0 rings (SSSR count). The minimum atomic E-state index is -0.843. The number of halogens is 1. The Bertz CT molecular complexity index is 148. The van der Waals surface area contributed by atoms with Crippen LogP contribution in [-0.2, 0) is 14.3 Å². The number of esters is 1. The number of carbonyl (C=O) groups excluding carboxylic acids is 2. The number of amides is 1. The quantitative estimate of drug-likeness (QED) is 0.517. The first kappa shape index (κ1) is 9.42. The van der Waals surface area contributed by atoms with E-state index in [9.17, 15) is 9.59 Å². The molecule has 0 saturated heterocycles. The summed E-state index contributed by atoms with van der Waals surface area (Å²) in [6.45, 7) is 1.42. The lowest BCUT2D eigenvalue weighted by atomic mass is 10.4. The van der Waals surface area contributed by atoms with Gasteiger partial charge in [-0.25, -0.2) is 0 Å². The molecule has 0 saturated carbocycles. The van der Waals surface area contributed by atoms with E-state index in [0.717, 1.165) is 0 Å². The zero-order chi connectivity index (χ0) is 8.15. The summed E-state index contributed by atoms with van der Waals surface area (Å²) in [5, 5.41) is 0.0740. The van der Waals surface area contributed by atoms with Gasteiger partial charge in [0.2, 0.25) is 0 Å². The minimum absolute atomic E-state index is 0.0740. The second-order valence-corrected chi connectivity index (χ2v) is 2.23. The molecule has 0 aliphatic heterocycles. The van der Waals surface area contributed by atoms with E-state index in [2.05, 4.69) is 20.7 Å². The summed E-state index contributed by atoms with van der Waals surface area (Å²) in [6.07, 6.45) is -0.843. The van der Waals surface area contributed by atoms with Crippen molar-refractivity contribution in [2.45, 2.75) is 13.0 Å². The van der Waals surface area contributed by atoms with Crippen LogP contribution in [0.2, 0.25) is 0 Å². The molecule has 0 spiro atoms. The van der Waals surface area contributed by atoms with Gasteiger partial charge in [0.1, 0.15) is 5.33 Å². The predicted molar refractivity (Wildman–Crippen MR) is 38.5 cm³/mol. The van der Waals surface area contributed by atoms with Crippen LogP contribution < -0.4 is 5.73 Å². The number of rotatable bonds is 3. The summed E-state index contributed by atoms with van der Waals surface area (Å²) in [4.78, 5) is 20.7. The van der Waals surface area contributed by atoms with Gasteiger partial charge in [-0.3, -0.25) is 9.59 Å². The van der Waals surface area contributed by atoms with Gasteiger partial charge in [0.25, 0.3) is 5.91 Å². The zero-order valence-electron chi connectivity index (χ0n) is 5.46. The van der Waals surface area contributed by atoms with Crippen LogP contribution in [0.1, 0.15) is 6.92 Å². The molecular weight excluding hydrogens is 202 g/mol. The Morgan fingerprint density at radius 1 is 1.70 bits per heavy atom. The average Bonchev–Trinajstić information content (AvgIpc) is 1.87. The third-order valence-electron chi connectivity index (χ3n) is 0.818. The van der Waals surface area contributed by atoms with Crippen LogP contribution in [-0.4, -0.2) is 23.3 Å². The van der Waals surface area contributed by atoms with Gasteiger partial charge in [0, 0.05) is 0 Å². The lowest BCUT2D eigenvalue weighted by molar-refractivity contribution is -0.151. The summed E-state index contributed by atoms with van der Waals surface area (Å²) in [5.74, 6) is -1.14. The highest BCUT2D eigenvalue weighted by Gasteiger charge is 2.12. The smallest absolute Gasteiger partial charge is 0.317 e. The standard InChI is InChI=1S/C5H8BrNO3/c1-3(5(7)9)10-4(8)2-6/h3H,2H2,1H3,(H2,7,9). The van der Waals surface area contributed by atoms with E-state index in [0.29, 0.717) is 0 Å². The number of ether oxygens (including phenoxy) is 1. The van der Waals surface area contributed by atoms with Crippen LogP contribution >= 0.6 is 15.9 Å². The van der Waals surface area contributed by atoms with Crippen LogP contribution in [0.5, 0.6) is 0 Å². The zero-order valence-corrected chi connectivity index (χ0v) is 7.05. The molecule has 1 atom stereocenters. The van der Waals surface area contributed by atoms with E-state index in [1.54, 1.807) is 0 Å².